The molecule has 1 fully saturated rings. The Labute approximate surface area is 140 Å². The molecule has 3 heterocycles. The van der Waals surface area contributed by atoms with Crippen molar-refractivity contribution in [3.63, 3.8) is 0 Å². The molecular formula is C16H22N4O2S. The van der Waals surface area contributed by atoms with Crippen molar-refractivity contribution in [3.05, 3.63) is 18.1 Å². The molecule has 3 rings (SSSR count). The van der Waals surface area contributed by atoms with Crippen LogP contribution in [0.1, 0.15) is 31.9 Å². The van der Waals surface area contributed by atoms with Crippen LogP contribution in [-0.4, -0.2) is 43.9 Å². The lowest BCUT2D eigenvalue weighted by atomic mass is 10.1. The molecule has 1 aliphatic rings. The summed E-state index contributed by atoms with van der Waals surface area (Å²) in [6.07, 6.45) is 5.09. The monoisotopic (exact) mass is 334 g/mol. The van der Waals surface area contributed by atoms with Gasteiger partial charge in [0.2, 0.25) is 5.91 Å². The van der Waals surface area contributed by atoms with E-state index < -0.39 is 0 Å². The summed E-state index contributed by atoms with van der Waals surface area (Å²) in [6, 6.07) is 1.89. The number of hydrogen-bond acceptors (Lipinski definition) is 5. The summed E-state index contributed by atoms with van der Waals surface area (Å²) in [5.74, 6) is 1.77. The van der Waals surface area contributed by atoms with Crippen LogP contribution >= 0.6 is 11.8 Å². The third-order valence-electron chi connectivity index (χ3n) is 4.23. The molecule has 0 radical (unpaired) electrons. The number of rotatable bonds is 4. The first-order chi connectivity index (χ1) is 11.1. The lowest BCUT2D eigenvalue weighted by molar-refractivity contribution is -0.131. The van der Waals surface area contributed by atoms with E-state index in [1.165, 1.54) is 18.2 Å². The number of aromatic nitrogens is 3. The molecule has 1 saturated heterocycles. The molecular weight excluding hydrogens is 312 g/mol. The fraction of sp³-hybridized carbons (Fsp3) is 0.562. The standard InChI is InChI=1S/C16H22N4O2S/c1-11-13(7-10-22-11)14-17-18-16(19(14)3)23-12(2)15(21)20-8-5-4-6-9-20/h7,10,12H,4-6,8-9H2,1-3H3. The van der Waals surface area contributed by atoms with Gasteiger partial charge in [-0.05, 0) is 39.2 Å². The molecule has 7 heteroatoms. The van der Waals surface area contributed by atoms with Gasteiger partial charge in [-0.1, -0.05) is 11.8 Å². The van der Waals surface area contributed by atoms with Crippen LogP contribution in [0.15, 0.2) is 21.9 Å². The van der Waals surface area contributed by atoms with Gasteiger partial charge in [-0.15, -0.1) is 10.2 Å². The zero-order valence-electron chi connectivity index (χ0n) is 13.8. The number of amides is 1. The van der Waals surface area contributed by atoms with Crippen molar-refractivity contribution in [2.45, 2.75) is 43.5 Å². The van der Waals surface area contributed by atoms with Gasteiger partial charge in [0.25, 0.3) is 0 Å². The highest BCUT2D eigenvalue weighted by Crippen LogP contribution is 2.28. The first kappa shape index (κ1) is 16.1. The van der Waals surface area contributed by atoms with Gasteiger partial charge in [0, 0.05) is 20.1 Å². The fourth-order valence-corrected chi connectivity index (χ4v) is 3.75. The summed E-state index contributed by atoms with van der Waals surface area (Å²) < 4.78 is 7.25. The molecule has 0 aliphatic carbocycles. The number of hydrogen-bond donors (Lipinski definition) is 0. The Morgan fingerprint density at radius 2 is 2.04 bits per heavy atom. The second kappa shape index (κ2) is 6.78. The Morgan fingerprint density at radius 1 is 1.30 bits per heavy atom. The summed E-state index contributed by atoms with van der Waals surface area (Å²) in [4.78, 5) is 14.5. The normalized spacial score (nSPS) is 16.6. The van der Waals surface area contributed by atoms with Crippen molar-refractivity contribution in [2.75, 3.05) is 13.1 Å². The van der Waals surface area contributed by atoms with E-state index in [1.54, 1.807) is 6.26 Å². The maximum atomic E-state index is 12.5. The molecule has 0 saturated carbocycles. The molecule has 0 spiro atoms. The molecule has 2 aromatic heterocycles. The van der Waals surface area contributed by atoms with Crippen LogP contribution in [0.4, 0.5) is 0 Å². The van der Waals surface area contributed by atoms with Crippen LogP contribution in [0.3, 0.4) is 0 Å². The number of nitrogens with zero attached hydrogens (tertiary/aromatic N) is 4. The number of carbonyl (C=O) groups is 1. The SMILES string of the molecule is Cc1occc1-c1nnc(SC(C)C(=O)N2CCCCC2)n1C. The molecule has 1 unspecified atom stereocenters. The van der Waals surface area contributed by atoms with Crippen LogP contribution in [0.25, 0.3) is 11.4 Å². The highest BCUT2D eigenvalue weighted by atomic mass is 32.2. The number of thioether (sulfide) groups is 1. The Balaban J connectivity index is 1.72. The fourth-order valence-electron chi connectivity index (χ4n) is 2.85. The van der Waals surface area contributed by atoms with Crippen molar-refractivity contribution >= 4 is 17.7 Å². The summed E-state index contributed by atoms with van der Waals surface area (Å²) in [6.45, 7) is 5.60. The molecule has 0 N–H and O–H groups in total. The molecule has 1 atom stereocenters. The van der Waals surface area contributed by atoms with Gasteiger partial charge >= 0.3 is 0 Å². The maximum absolute atomic E-state index is 12.5. The quantitative estimate of drug-likeness (QED) is 0.805. The maximum Gasteiger partial charge on any atom is 0.235 e. The second-order valence-electron chi connectivity index (χ2n) is 5.90. The predicted molar refractivity (Wildman–Crippen MR) is 89.2 cm³/mol. The average Bonchev–Trinajstić information content (AvgIpc) is 3.14. The Hall–Kier alpha value is -1.76. The van der Waals surface area contributed by atoms with E-state index in [1.807, 2.05) is 36.4 Å². The zero-order valence-corrected chi connectivity index (χ0v) is 14.6. The first-order valence-corrected chi connectivity index (χ1v) is 8.85. The minimum absolute atomic E-state index is 0.158. The molecule has 124 valence electrons. The van der Waals surface area contributed by atoms with Gasteiger partial charge in [-0.25, -0.2) is 0 Å². The minimum Gasteiger partial charge on any atom is -0.469 e. The van der Waals surface area contributed by atoms with Crippen LogP contribution in [-0.2, 0) is 11.8 Å². The Morgan fingerprint density at radius 3 is 2.70 bits per heavy atom. The van der Waals surface area contributed by atoms with Gasteiger partial charge in [-0.2, -0.15) is 0 Å². The van der Waals surface area contributed by atoms with Crippen LogP contribution in [0.2, 0.25) is 0 Å². The molecule has 2 aromatic rings. The van der Waals surface area contributed by atoms with Crippen molar-refractivity contribution in [2.24, 2.45) is 7.05 Å². The third-order valence-corrected chi connectivity index (χ3v) is 5.35. The van der Waals surface area contributed by atoms with Crippen molar-refractivity contribution < 1.29 is 9.21 Å². The van der Waals surface area contributed by atoms with Gasteiger partial charge in [0.1, 0.15) is 5.76 Å². The number of likely N-dealkylation sites (tertiary alicyclic amines) is 1. The van der Waals surface area contributed by atoms with Gasteiger partial charge in [0.15, 0.2) is 11.0 Å². The molecule has 6 nitrogen and oxygen atoms in total. The topological polar surface area (TPSA) is 64.2 Å². The summed E-state index contributed by atoms with van der Waals surface area (Å²) in [5.41, 5.74) is 0.932. The van der Waals surface area contributed by atoms with E-state index in [0.29, 0.717) is 0 Å². The minimum atomic E-state index is -0.158. The highest BCUT2D eigenvalue weighted by Gasteiger charge is 2.25. The largest absolute Gasteiger partial charge is 0.469 e. The molecule has 1 amide bonds. The van der Waals surface area contributed by atoms with Crippen molar-refractivity contribution in [1.29, 1.82) is 0 Å². The number of carbonyl (C=O) groups excluding carboxylic acids is 1. The van der Waals surface area contributed by atoms with Crippen LogP contribution in [0.5, 0.6) is 0 Å². The van der Waals surface area contributed by atoms with E-state index in [-0.39, 0.29) is 11.2 Å². The molecule has 23 heavy (non-hydrogen) atoms. The smallest absolute Gasteiger partial charge is 0.235 e. The summed E-state index contributed by atoms with van der Waals surface area (Å²) in [5, 5.41) is 9.09. The first-order valence-electron chi connectivity index (χ1n) is 7.97. The predicted octanol–water partition coefficient (Wildman–Crippen LogP) is 2.88. The Bertz CT molecular complexity index is 688. The summed E-state index contributed by atoms with van der Waals surface area (Å²) in [7, 11) is 1.92. The number of piperidine rings is 1. The Kier molecular flexibility index (Phi) is 4.75. The van der Waals surface area contributed by atoms with E-state index in [0.717, 1.165) is 48.2 Å². The van der Waals surface area contributed by atoms with Crippen LogP contribution in [0, 0.1) is 6.92 Å². The lowest BCUT2D eigenvalue weighted by Crippen LogP contribution is -2.40. The van der Waals surface area contributed by atoms with Gasteiger partial charge < -0.3 is 13.9 Å². The molecule has 0 aromatic carbocycles. The van der Waals surface area contributed by atoms with Crippen molar-refractivity contribution in [3.8, 4) is 11.4 Å². The third kappa shape index (κ3) is 3.29. The second-order valence-corrected chi connectivity index (χ2v) is 7.21. The number of furan rings is 1. The molecule has 1 aliphatic heterocycles. The van der Waals surface area contributed by atoms with E-state index in [9.17, 15) is 4.79 Å². The zero-order chi connectivity index (χ0) is 16.4. The molecule has 0 bridgehead atoms. The van der Waals surface area contributed by atoms with Gasteiger partial charge in [-0.3, -0.25) is 4.79 Å². The van der Waals surface area contributed by atoms with E-state index >= 15 is 0 Å². The summed E-state index contributed by atoms with van der Waals surface area (Å²) >= 11 is 1.46. The van der Waals surface area contributed by atoms with Gasteiger partial charge in [0.05, 0.1) is 17.1 Å². The van der Waals surface area contributed by atoms with Crippen molar-refractivity contribution in [1.82, 2.24) is 19.7 Å². The highest BCUT2D eigenvalue weighted by molar-refractivity contribution is 8.00. The van der Waals surface area contributed by atoms with E-state index in [4.69, 9.17) is 4.42 Å². The lowest BCUT2D eigenvalue weighted by Gasteiger charge is -2.28. The van der Waals surface area contributed by atoms with E-state index in [2.05, 4.69) is 10.2 Å². The number of aryl methyl sites for hydroxylation is 1. The average molecular weight is 334 g/mol. The van der Waals surface area contributed by atoms with Crippen LogP contribution < -0.4 is 0 Å².